The Morgan fingerprint density at radius 1 is 1.00 bits per heavy atom. The fourth-order valence-electron chi connectivity index (χ4n) is 1.88. The Kier molecular flexibility index (Phi) is 8.18. The maximum Gasteiger partial charge on any atom is 0.357 e. The predicted octanol–water partition coefficient (Wildman–Crippen LogP) is 0.327. The predicted molar refractivity (Wildman–Crippen MR) is 85.9 cm³/mol. The van der Waals surface area contributed by atoms with Crippen molar-refractivity contribution in [1.29, 1.82) is 0 Å². The van der Waals surface area contributed by atoms with Crippen LogP contribution < -0.4 is 21.2 Å². The molecule has 4 nitrogen and oxygen atoms in total. The number of halogens is 1. The number of hydrogen-bond donors (Lipinski definition) is 1. The molecule has 2 aromatic rings. The molecule has 0 saturated carbocycles. The monoisotopic (exact) mass is 448 g/mol. The molecule has 0 amide bonds. The first-order valence-electron chi connectivity index (χ1n) is 7.12. The highest BCUT2D eigenvalue weighted by Gasteiger charge is 2.14. The van der Waals surface area contributed by atoms with Crippen molar-refractivity contribution in [2.45, 2.75) is 27.2 Å². The highest BCUT2D eigenvalue weighted by atomic mass is 127. The van der Waals surface area contributed by atoms with Gasteiger partial charge < -0.3 is 4.55 Å². The van der Waals surface area contributed by atoms with Crippen LogP contribution in [-0.4, -0.2) is 17.5 Å². The van der Waals surface area contributed by atoms with Crippen molar-refractivity contribution in [2.75, 3.05) is 0 Å². The molecule has 126 valence electrons. The van der Waals surface area contributed by atoms with E-state index in [1.807, 2.05) is 0 Å². The van der Waals surface area contributed by atoms with E-state index in [2.05, 4.69) is 69.3 Å². The summed E-state index contributed by atoms with van der Waals surface area (Å²) in [4.78, 5) is 0. The van der Waals surface area contributed by atoms with Gasteiger partial charge in [0.1, 0.15) is 0 Å². The maximum atomic E-state index is 8.63. The van der Waals surface area contributed by atoms with Gasteiger partial charge in [0.2, 0.25) is 10.4 Å². The molecule has 0 bridgehead atoms. The normalized spacial score (nSPS) is 11.0. The molecule has 0 aliphatic heterocycles. The fraction of sp³-hybridized carbons (Fsp3) is 0.294. The van der Waals surface area contributed by atoms with Gasteiger partial charge in [0.15, 0.2) is 7.14 Å². The van der Waals surface area contributed by atoms with Gasteiger partial charge in [-0.1, -0.05) is 43.7 Å². The molecule has 0 aliphatic carbocycles. The summed E-state index contributed by atoms with van der Waals surface area (Å²) in [5.74, 6) is 0.739. The van der Waals surface area contributed by atoms with Crippen LogP contribution in [0.4, 0.5) is 0 Å². The third-order valence-corrected chi connectivity index (χ3v) is 5.47. The van der Waals surface area contributed by atoms with E-state index < -0.39 is 10.4 Å². The number of benzene rings is 2. The third kappa shape index (κ3) is 10.4. The third-order valence-electron chi connectivity index (χ3n) is 2.79. The quantitative estimate of drug-likeness (QED) is 0.416. The van der Waals surface area contributed by atoms with Crippen LogP contribution in [0, 0.1) is 20.0 Å². The lowest BCUT2D eigenvalue weighted by Crippen LogP contribution is -3.61. The van der Waals surface area contributed by atoms with Crippen LogP contribution in [0.5, 0.6) is 0 Å². The molecular formula is C17H21IO4S. The van der Waals surface area contributed by atoms with Crippen molar-refractivity contribution in [2.24, 2.45) is 5.92 Å². The fourth-order valence-corrected chi connectivity index (χ4v) is 4.03. The van der Waals surface area contributed by atoms with Crippen LogP contribution in [0.2, 0.25) is 0 Å². The zero-order valence-electron chi connectivity index (χ0n) is 13.4. The van der Waals surface area contributed by atoms with E-state index in [1.165, 1.54) is 24.7 Å². The van der Waals surface area contributed by atoms with Gasteiger partial charge in [-0.2, -0.15) is 0 Å². The van der Waals surface area contributed by atoms with Gasteiger partial charge in [-0.15, -0.1) is 0 Å². The minimum absolute atomic E-state index is 0.0179. The Morgan fingerprint density at radius 3 is 1.78 bits per heavy atom. The van der Waals surface area contributed by atoms with Crippen LogP contribution >= 0.6 is 0 Å². The van der Waals surface area contributed by atoms with Gasteiger partial charge in [-0.05, 0) is 49.1 Å². The van der Waals surface area contributed by atoms with Crippen LogP contribution in [0.15, 0.2) is 48.5 Å². The molecule has 0 aromatic heterocycles. The Morgan fingerprint density at radius 2 is 1.39 bits per heavy atom. The summed E-state index contributed by atoms with van der Waals surface area (Å²) in [7, 11) is -4.92. The van der Waals surface area contributed by atoms with E-state index in [4.69, 9.17) is 17.5 Å². The van der Waals surface area contributed by atoms with Crippen molar-refractivity contribution in [3.05, 3.63) is 66.8 Å². The topological polar surface area (TPSA) is 77.4 Å². The molecule has 0 atom stereocenters. The summed E-state index contributed by atoms with van der Waals surface area (Å²) in [5, 5.41) is 0. The lowest BCUT2D eigenvalue weighted by Gasteiger charge is -2.03. The van der Waals surface area contributed by atoms with E-state index in [0.717, 1.165) is 5.92 Å². The number of hydrogen-bond acceptors (Lipinski definition) is 3. The van der Waals surface area contributed by atoms with Gasteiger partial charge in [0, 0.05) is 0 Å². The van der Waals surface area contributed by atoms with Crippen molar-refractivity contribution in [1.82, 2.24) is 0 Å². The van der Waals surface area contributed by atoms with Crippen molar-refractivity contribution in [3.8, 4) is 0 Å². The van der Waals surface area contributed by atoms with E-state index in [0.29, 0.717) is 0 Å². The maximum absolute atomic E-state index is 8.63. The van der Waals surface area contributed by atoms with Gasteiger partial charge >= 0.3 is 21.2 Å². The van der Waals surface area contributed by atoms with Gasteiger partial charge in [-0.3, -0.25) is 4.55 Å². The van der Waals surface area contributed by atoms with E-state index in [1.54, 1.807) is 0 Å². The Balaban J connectivity index is 0.000000463. The van der Waals surface area contributed by atoms with Gasteiger partial charge in [0.05, 0.1) is 0 Å². The zero-order valence-corrected chi connectivity index (χ0v) is 16.3. The first kappa shape index (κ1) is 20.1. The lowest BCUT2D eigenvalue weighted by molar-refractivity contribution is -0.597. The Bertz CT molecular complexity index is 684. The highest BCUT2D eigenvalue weighted by Crippen LogP contribution is 2.06. The first-order chi connectivity index (χ1) is 10.6. The first-order valence-corrected chi connectivity index (χ1v) is 10.6. The largest absolute Gasteiger partial charge is 0.726 e. The van der Waals surface area contributed by atoms with Crippen LogP contribution in [0.1, 0.15) is 25.0 Å². The smallest absolute Gasteiger partial charge is 0.357 e. The molecule has 0 aliphatic rings. The summed E-state index contributed by atoms with van der Waals surface area (Å²) < 4.78 is 35.8. The molecule has 0 unspecified atom stereocenters. The molecule has 0 saturated heterocycles. The molecule has 0 heterocycles. The summed E-state index contributed by atoms with van der Waals surface area (Å²) in [6, 6.07) is 18.2. The number of rotatable bonds is 4. The summed E-state index contributed by atoms with van der Waals surface area (Å²) in [6.07, 6.45) is 1.18. The molecule has 0 spiro atoms. The molecular weight excluding hydrogens is 427 g/mol. The van der Waals surface area contributed by atoms with Crippen LogP contribution in [-0.2, 0) is 16.8 Å². The second kappa shape index (κ2) is 9.36. The van der Waals surface area contributed by atoms with Crippen molar-refractivity contribution in [3.63, 3.8) is 0 Å². The van der Waals surface area contributed by atoms with Crippen LogP contribution in [0.25, 0.3) is 0 Å². The van der Waals surface area contributed by atoms with Gasteiger partial charge in [-0.25, -0.2) is 8.42 Å². The zero-order chi connectivity index (χ0) is 17.5. The Hall–Kier alpha value is -0.960. The standard InChI is InChI=1S/C17H20I.H2O4S/c1-13(2)12-15-6-10-17(11-7-15)18-16-8-4-14(3)5-9-16;1-5(2,3)4/h4-11,13H,12H2,1-3H3;(H2,1,2,3,4)/q+1;/p-1. The average Bonchev–Trinajstić information content (AvgIpc) is 2.41. The highest BCUT2D eigenvalue weighted by molar-refractivity contribution is 7.79. The van der Waals surface area contributed by atoms with Gasteiger partial charge in [0.25, 0.3) is 0 Å². The lowest BCUT2D eigenvalue weighted by atomic mass is 10.0. The molecule has 2 rings (SSSR count). The second-order valence-corrected chi connectivity index (χ2v) is 9.43. The SMILES string of the molecule is Cc1ccc([I+]c2ccc(CC(C)C)cc2)cc1.O=S(=O)([O-])O. The van der Waals surface area contributed by atoms with E-state index in [-0.39, 0.29) is 21.2 Å². The average molecular weight is 448 g/mol. The van der Waals surface area contributed by atoms with Crippen molar-refractivity contribution >= 4 is 10.4 Å². The molecule has 23 heavy (non-hydrogen) atoms. The van der Waals surface area contributed by atoms with E-state index in [9.17, 15) is 0 Å². The molecule has 0 radical (unpaired) electrons. The van der Waals surface area contributed by atoms with E-state index >= 15 is 0 Å². The molecule has 6 heteroatoms. The Labute approximate surface area is 148 Å². The van der Waals surface area contributed by atoms with Crippen molar-refractivity contribution < 1.29 is 38.7 Å². The molecule has 0 fully saturated rings. The summed E-state index contributed by atoms with van der Waals surface area (Å²) in [6.45, 7) is 6.68. The van der Waals surface area contributed by atoms with Crippen LogP contribution in [0.3, 0.4) is 0 Å². The molecule has 1 N–H and O–H groups in total. The summed E-state index contributed by atoms with van der Waals surface area (Å²) in [5.41, 5.74) is 2.80. The molecule has 2 aromatic carbocycles. The second-order valence-electron chi connectivity index (χ2n) is 5.54. The minimum Gasteiger partial charge on any atom is -0.726 e. The summed E-state index contributed by atoms with van der Waals surface area (Å²) >= 11 is -0.0179. The minimum atomic E-state index is -4.92. The number of aryl methyl sites for hydroxylation is 1.